The maximum atomic E-state index is 11.2. The van der Waals surface area contributed by atoms with Gasteiger partial charge in [-0.05, 0) is 43.9 Å². The van der Waals surface area contributed by atoms with Crippen molar-refractivity contribution in [2.24, 2.45) is 5.92 Å². The summed E-state index contributed by atoms with van der Waals surface area (Å²) in [6.45, 7) is 2.89. The van der Waals surface area contributed by atoms with Gasteiger partial charge >= 0.3 is 6.09 Å². The Balaban J connectivity index is 0.00000132. The zero-order chi connectivity index (χ0) is 22.3. The minimum atomic E-state index is -0.377. The lowest BCUT2D eigenvalue weighted by molar-refractivity contribution is 0.120. The predicted molar refractivity (Wildman–Crippen MR) is 124 cm³/mol. The molecule has 9 heteroatoms. The number of nitrogens with zero attached hydrogens (tertiary/aromatic N) is 2. The van der Waals surface area contributed by atoms with Crippen molar-refractivity contribution >= 4 is 30.2 Å². The first-order chi connectivity index (χ1) is 15.0. The fourth-order valence-corrected chi connectivity index (χ4v) is 4.25. The minimum absolute atomic E-state index is 0.174. The van der Waals surface area contributed by atoms with Gasteiger partial charge in [-0.15, -0.1) is 0 Å². The van der Waals surface area contributed by atoms with Gasteiger partial charge in [0.15, 0.2) is 5.82 Å². The molecule has 2 aliphatic carbocycles. The quantitative estimate of drug-likeness (QED) is 0.468. The predicted octanol–water partition coefficient (Wildman–Crippen LogP) is 4.44. The first-order valence-corrected chi connectivity index (χ1v) is 11.6. The first-order valence-electron chi connectivity index (χ1n) is 10.7. The Morgan fingerprint density at radius 2 is 2.03 bits per heavy atom. The first kappa shape index (κ1) is 23.2. The normalized spacial score (nSPS) is 21.3. The molecule has 4 rings (SSSR count). The number of anilines is 2. The summed E-state index contributed by atoms with van der Waals surface area (Å²) in [5.41, 5.74) is 2.30. The van der Waals surface area contributed by atoms with Crippen LogP contribution >= 0.6 is 12.6 Å². The standard InChI is InChI=1S/C21H29N5O3.CH4S/c1-21(6-3-4-7-21)17-12-18(26-25-17)23-15-5-8-22-19(11-15)29-13-14-9-16(10-14)24-20(27)28-2;1-2/h5,8,11-12,14,16H,3-4,6-7,9-10,13H2,1-2H3,(H,24,27)(H2,22,23,25,26);2H,1H3. The van der Waals surface area contributed by atoms with Crippen molar-refractivity contribution in [1.82, 2.24) is 20.5 Å². The van der Waals surface area contributed by atoms with E-state index in [4.69, 9.17) is 4.74 Å². The molecule has 2 saturated carbocycles. The van der Waals surface area contributed by atoms with Crippen LogP contribution in [0, 0.1) is 5.92 Å². The van der Waals surface area contributed by atoms with Crippen molar-refractivity contribution in [1.29, 1.82) is 0 Å². The number of hydrogen-bond acceptors (Lipinski definition) is 7. The van der Waals surface area contributed by atoms with Crippen molar-refractivity contribution in [3.8, 4) is 5.88 Å². The molecule has 1 amide bonds. The molecular formula is C22H33N5O3S. The Bertz CT molecular complexity index is 847. The summed E-state index contributed by atoms with van der Waals surface area (Å²) in [4.78, 5) is 15.5. The van der Waals surface area contributed by atoms with Crippen molar-refractivity contribution in [3.05, 3.63) is 30.1 Å². The summed E-state index contributed by atoms with van der Waals surface area (Å²) in [5, 5.41) is 13.8. The molecule has 0 bridgehead atoms. The lowest BCUT2D eigenvalue weighted by atomic mass is 9.81. The van der Waals surface area contributed by atoms with E-state index in [1.807, 2.05) is 12.1 Å². The maximum absolute atomic E-state index is 11.2. The van der Waals surface area contributed by atoms with Crippen molar-refractivity contribution in [3.63, 3.8) is 0 Å². The number of amides is 1. The zero-order valence-corrected chi connectivity index (χ0v) is 19.4. The van der Waals surface area contributed by atoms with Gasteiger partial charge in [-0.3, -0.25) is 5.10 Å². The molecule has 0 saturated heterocycles. The average Bonchev–Trinajstić information content (AvgIpc) is 3.41. The molecule has 2 fully saturated rings. The van der Waals surface area contributed by atoms with E-state index in [1.165, 1.54) is 38.5 Å². The van der Waals surface area contributed by atoms with Gasteiger partial charge in [0.05, 0.1) is 13.7 Å². The monoisotopic (exact) mass is 447 g/mol. The Hall–Kier alpha value is -2.42. The van der Waals surface area contributed by atoms with Crippen LogP contribution in [-0.2, 0) is 10.2 Å². The van der Waals surface area contributed by atoms with Crippen LogP contribution in [0.1, 0.15) is 51.1 Å². The van der Waals surface area contributed by atoms with Crippen LogP contribution in [0.15, 0.2) is 24.4 Å². The number of carbonyl (C=O) groups is 1. The molecule has 0 radical (unpaired) electrons. The second-order valence-electron chi connectivity index (χ2n) is 8.42. The van der Waals surface area contributed by atoms with Gasteiger partial charge in [0.1, 0.15) is 0 Å². The number of hydrogen-bond donors (Lipinski definition) is 4. The highest BCUT2D eigenvalue weighted by Crippen LogP contribution is 2.40. The highest BCUT2D eigenvalue weighted by molar-refractivity contribution is 7.79. The van der Waals surface area contributed by atoms with Gasteiger partial charge in [0.2, 0.25) is 5.88 Å². The third-order valence-electron chi connectivity index (χ3n) is 6.15. The highest BCUT2D eigenvalue weighted by atomic mass is 32.1. The molecule has 8 nitrogen and oxygen atoms in total. The molecule has 170 valence electrons. The van der Waals surface area contributed by atoms with E-state index in [2.05, 4.69) is 56.2 Å². The van der Waals surface area contributed by atoms with Crippen molar-refractivity contribution in [2.75, 3.05) is 25.3 Å². The number of H-pyrrole nitrogens is 1. The second-order valence-corrected chi connectivity index (χ2v) is 8.42. The topological polar surface area (TPSA) is 101 Å². The van der Waals surface area contributed by atoms with Crippen LogP contribution in [0.4, 0.5) is 16.3 Å². The molecule has 0 atom stereocenters. The van der Waals surface area contributed by atoms with Crippen LogP contribution < -0.4 is 15.4 Å². The van der Waals surface area contributed by atoms with E-state index in [0.29, 0.717) is 18.4 Å². The number of nitrogens with one attached hydrogen (secondary N) is 3. The third kappa shape index (κ3) is 6.06. The van der Waals surface area contributed by atoms with E-state index in [0.717, 1.165) is 24.3 Å². The average molecular weight is 448 g/mol. The summed E-state index contributed by atoms with van der Waals surface area (Å²) >= 11 is 3.53. The second kappa shape index (κ2) is 10.7. The van der Waals surface area contributed by atoms with Crippen LogP contribution in [0.3, 0.4) is 0 Å². The molecular weight excluding hydrogens is 414 g/mol. The van der Waals surface area contributed by atoms with E-state index in [-0.39, 0.29) is 17.6 Å². The van der Waals surface area contributed by atoms with E-state index >= 15 is 0 Å². The Labute approximate surface area is 189 Å². The Morgan fingerprint density at radius 1 is 1.29 bits per heavy atom. The van der Waals surface area contributed by atoms with Crippen LogP contribution in [-0.4, -0.2) is 47.3 Å². The molecule has 3 N–H and O–H groups in total. The fourth-order valence-electron chi connectivity index (χ4n) is 4.25. The number of rotatable bonds is 7. The van der Waals surface area contributed by atoms with Crippen LogP contribution in [0.25, 0.3) is 0 Å². The number of pyridine rings is 1. The van der Waals surface area contributed by atoms with Crippen molar-refractivity contribution in [2.45, 2.75) is 56.9 Å². The Kier molecular flexibility index (Phi) is 8.06. The number of carbonyl (C=O) groups excluding carboxylic acids is 1. The lowest BCUT2D eigenvalue weighted by Gasteiger charge is -2.34. The number of ether oxygens (including phenoxy) is 2. The number of alkyl carbamates (subject to hydrolysis) is 1. The molecule has 0 aromatic carbocycles. The van der Waals surface area contributed by atoms with Gasteiger partial charge in [-0.2, -0.15) is 17.7 Å². The maximum Gasteiger partial charge on any atom is 0.407 e. The van der Waals surface area contributed by atoms with Crippen LogP contribution in [0.5, 0.6) is 5.88 Å². The summed E-state index contributed by atoms with van der Waals surface area (Å²) < 4.78 is 10.5. The minimum Gasteiger partial charge on any atom is -0.477 e. The molecule has 2 aliphatic rings. The smallest absolute Gasteiger partial charge is 0.407 e. The number of methoxy groups -OCH3 is 1. The van der Waals surface area contributed by atoms with Gasteiger partial charge < -0.3 is 20.1 Å². The SMILES string of the molecule is COC(=O)NC1CC(COc2cc(Nc3cc(C4(C)CCCC4)[nH]n3)ccn2)C1.CS. The van der Waals surface area contributed by atoms with E-state index in [1.54, 1.807) is 12.5 Å². The van der Waals surface area contributed by atoms with Gasteiger partial charge in [-0.1, -0.05) is 19.8 Å². The number of aromatic nitrogens is 3. The van der Waals surface area contributed by atoms with Gasteiger partial charge in [-0.25, -0.2) is 9.78 Å². The van der Waals surface area contributed by atoms with Gasteiger partial charge in [0, 0.05) is 41.2 Å². The fraction of sp³-hybridized carbons (Fsp3) is 0.591. The molecule has 2 heterocycles. The molecule has 31 heavy (non-hydrogen) atoms. The summed E-state index contributed by atoms with van der Waals surface area (Å²) in [6, 6.07) is 6.06. The zero-order valence-electron chi connectivity index (χ0n) is 18.5. The van der Waals surface area contributed by atoms with E-state index < -0.39 is 0 Å². The summed E-state index contributed by atoms with van der Waals surface area (Å²) in [5.74, 6) is 1.80. The van der Waals surface area contributed by atoms with Crippen LogP contribution in [0.2, 0.25) is 0 Å². The van der Waals surface area contributed by atoms with Gasteiger partial charge in [0.25, 0.3) is 0 Å². The summed E-state index contributed by atoms with van der Waals surface area (Å²) in [6.07, 6.45) is 9.81. The molecule has 0 aliphatic heterocycles. The molecule has 2 aromatic rings. The number of thiol groups is 1. The van der Waals surface area contributed by atoms with E-state index in [9.17, 15) is 4.79 Å². The third-order valence-corrected chi connectivity index (χ3v) is 6.15. The largest absolute Gasteiger partial charge is 0.477 e. The highest BCUT2D eigenvalue weighted by Gasteiger charge is 2.32. The summed E-state index contributed by atoms with van der Waals surface area (Å²) in [7, 11) is 1.38. The lowest BCUT2D eigenvalue weighted by Crippen LogP contribution is -2.45. The molecule has 0 unspecified atom stereocenters. The number of aromatic amines is 1. The van der Waals surface area contributed by atoms with Crippen molar-refractivity contribution < 1.29 is 14.3 Å². The molecule has 0 spiro atoms. The Morgan fingerprint density at radius 3 is 2.74 bits per heavy atom. The molecule has 2 aromatic heterocycles.